The number of hydrogen-bond donors (Lipinski definition) is 0. The molecule has 3 aromatic rings. The smallest absolute Gasteiger partial charge is 0.180 e. The van der Waals surface area contributed by atoms with Crippen molar-refractivity contribution in [3.05, 3.63) is 58.6 Å². The summed E-state index contributed by atoms with van der Waals surface area (Å²) in [6, 6.07) is 14.3. The Balaban J connectivity index is 1.91. The summed E-state index contributed by atoms with van der Waals surface area (Å²) in [5.41, 5.74) is 1.90. The van der Waals surface area contributed by atoms with Gasteiger partial charge < -0.3 is 0 Å². The lowest BCUT2D eigenvalue weighted by Gasteiger charge is -2.05. The molecule has 21 heavy (non-hydrogen) atoms. The number of hydrogen-bond acceptors (Lipinski definition) is 4. The number of fused-ring (bicyclic) bond motifs is 1. The van der Waals surface area contributed by atoms with E-state index < -0.39 is 0 Å². The Morgan fingerprint density at radius 1 is 1.14 bits per heavy atom. The minimum atomic E-state index is 0.116. The van der Waals surface area contributed by atoms with Gasteiger partial charge in [0, 0.05) is 6.42 Å². The van der Waals surface area contributed by atoms with Gasteiger partial charge in [0.2, 0.25) is 0 Å². The summed E-state index contributed by atoms with van der Waals surface area (Å²) < 4.78 is 3.94. The van der Waals surface area contributed by atoms with E-state index in [9.17, 15) is 4.79 Å². The van der Waals surface area contributed by atoms with Crippen LogP contribution >= 0.6 is 11.5 Å². The second-order valence-corrected chi connectivity index (χ2v) is 5.79. The van der Waals surface area contributed by atoms with Crippen LogP contribution in [0.15, 0.2) is 42.5 Å². The maximum absolute atomic E-state index is 12.5. The van der Waals surface area contributed by atoms with Crippen molar-refractivity contribution in [1.29, 1.82) is 0 Å². The Hall–Kier alpha value is -2.07. The van der Waals surface area contributed by atoms with E-state index in [0.717, 1.165) is 29.5 Å². The van der Waals surface area contributed by atoms with Crippen molar-refractivity contribution in [1.82, 2.24) is 9.59 Å². The van der Waals surface area contributed by atoms with Crippen LogP contribution in [0, 0.1) is 0 Å². The number of aryl methyl sites for hydroxylation is 1. The molecule has 0 amide bonds. The molecule has 0 N–H and O–H groups in total. The maximum Gasteiger partial charge on any atom is 0.180 e. The molecule has 0 radical (unpaired) electrons. The number of ketones is 1. The van der Waals surface area contributed by atoms with E-state index in [0.29, 0.717) is 11.3 Å². The summed E-state index contributed by atoms with van der Waals surface area (Å²) in [5, 5.41) is 6.39. The molecule has 0 saturated heterocycles. The van der Waals surface area contributed by atoms with Crippen molar-refractivity contribution in [2.75, 3.05) is 0 Å². The molecule has 0 fully saturated rings. The van der Waals surface area contributed by atoms with Gasteiger partial charge >= 0.3 is 0 Å². The van der Waals surface area contributed by atoms with Gasteiger partial charge in [-0.3, -0.25) is 4.79 Å². The Labute approximate surface area is 127 Å². The van der Waals surface area contributed by atoms with Crippen molar-refractivity contribution in [3.8, 4) is 0 Å². The molecular formula is C17H16N2OS. The highest BCUT2D eigenvalue weighted by molar-refractivity contribution is 7.08. The monoisotopic (exact) mass is 296 g/mol. The lowest BCUT2D eigenvalue weighted by molar-refractivity contribution is 0.0996. The predicted molar refractivity (Wildman–Crippen MR) is 85.9 cm³/mol. The van der Waals surface area contributed by atoms with Crippen molar-refractivity contribution in [2.45, 2.75) is 26.2 Å². The number of nitrogens with zero attached hydrogens (tertiary/aromatic N) is 2. The summed E-state index contributed by atoms with van der Waals surface area (Å²) in [6.45, 7) is 2.08. The Kier molecular flexibility index (Phi) is 4.06. The molecule has 0 bridgehead atoms. The number of carbonyl (C=O) groups is 1. The zero-order chi connectivity index (χ0) is 14.7. The standard InChI is InChI=1S/C17H16N2OS/c1-2-6-15-17(21-19-18-15)16(20)11-13-9-5-8-12-7-3-4-10-14(12)13/h3-5,7-10H,2,6,11H2,1H3. The predicted octanol–water partition coefficient (Wildman–Crippen LogP) is 4.07. The topological polar surface area (TPSA) is 42.9 Å². The molecule has 0 atom stereocenters. The quantitative estimate of drug-likeness (QED) is 0.667. The van der Waals surface area contributed by atoms with Crippen LogP contribution in [0.25, 0.3) is 10.8 Å². The van der Waals surface area contributed by atoms with Crippen LogP contribution in [0.5, 0.6) is 0 Å². The molecule has 4 heteroatoms. The van der Waals surface area contributed by atoms with Crippen LogP contribution in [0.2, 0.25) is 0 Å². The van der Waals surface area contributed by atoms with Crippen LogP contribution in [0.4, 0.5) is 0 Å². The van der Waals surface area contributed by atoms with Crippen LogP contribution in [-0.4, -0.2) is 15.4 Å². The van der Waals surface area contributed by atoms with Gasteiger partial charge in [0.15, 0.2) is 5.78 Å². The summed E-state index contributed by atoms with van der Waals surface area (Å²) >= 11 is 1.21. The molecule has 0 aliphatic heterocycles. The number of rotatable bonds is 5. The number of benzene rings is 2. The second-order valence-electron chi connectivity index (χ2n) is 5.04. The number of aromatic nitrogens is 2. The van der Waals surface area contributed by atoms with Crippen LogP contribution in [0.1, 0.15) is 34.3 Å². The van der Waals surface area contributed by atoms with Gasteiger partial charge in [-0.25, -0.2) is 0 Å². The Morgan fingerprint density at radius 3 is 2.81 bits per heavy atom. The fourth-order valence-corrected chi connectivity index (χ4v) is 3.16. The summed E-state index contributed by atoms with van der Waals surface area (Å²) in [5.74, 6) is 0.116. The minimum absolute atomic E-state index is 0.116. The highest BCUT2D eigenvalue weighted by Crippen LogP contribution is 2.22. The third-order valence-corrected chi connectivity index (χ3v) is 4.34. The molecule has 0 aliphatic carbocycles. The number of Topliss-reactive ketones (excluding diaryl/α,β-unsaturated/α-hetero) is 1. The van der Waals surface area contributed by atoms with Gasteiger partial charge in [-0.1, -0.05) is 60.3 Å². The highest BCUT2D eigenvalue weighted by Gasteiger charge is 2.16. The zero-order valence-corrected chi connectivity index (χ0v) is 12.7. The third kappa shape index (κ3) is 2.85. The molecule has 0 unspecified atom stereocenters. The Morgan fingerprint density at radius 2 is 1.95 bits per heavy atom. The van der Waals surface area contributed by atoms with Crippen molar-refractivity contribution in [3.63, 3.8) is 0 Å². The van der Waals surface area contributed by atoms with E-state index in [4.69, 9.17) is 0 Å². The van der Waals surface area contributed by atoms with E-state index >= 15 is 0 Å². The average Bonchev–Trinajstić information content (AvgIpc) is 2.96. The van der Waals surface area contributed by atoms with Crippen LogP contribution in [-0.2, 0) is 12.8 Å². The largest absolute Gasteiger partial charge is 0.293 e. The van der Waals surface area contributed by atoms with E-state index in [1.807, 2.05) is 24.3 Å². The molecule has 1 aromatic heterocycles. The van der Waals surface area contributed by atoms with Gasteiger partial charge in [-0.15, -0.1) is 5.10 Å². The molecule has 0 saturated carbocycles. The van der Waals surface area contributed by atoms with Gasteiger partial charge in [-0.2, -0.15) is 0 Å². The first-order valence-corrected chi connectivity index (χ1v) is 7.88. The molecule has 1 heterocycles. The normalized spacial score (nSPS) is 10.9. The van der Waals surface area contributed by atoms with Crippen molar-refractivity contribution in [2.24, 2.45) is 0 Å². The number of carbonyl (C=O) groups excluding carboxylic acids is 1. The van der Waals surface area contributed by atoms with Crippen molar-refractivity contribution < 1.29 is 4.79 Å². The second kappa shape index (κ2) is 6.14. The lowest BCUT2D eigenvalue weighted by atomic mass is 9.99. The van der Waals surface area contributed by atoms with E-state index in [1.54, 1.807) is 0 Å². The zero-order valence-electron chi connectivity index (χ0n) is 11.9. The highest BCUT2D eigenvalue weighted by atomic mass is 32.1. The SMILES string of the molecule is CCCc1nnsc1C(=O)Cc1cccc2ccccc12. The summed E-state index contributed by atoms with van der Waals surface area (Å²) in [4.78, 5) is 13.3. The van der Waals surface area contributed by atoms with Gasteiger partial charge in [-0.05, 0) is 34.3 Å². The lowest BCUT2D eigenvalue weighted by Crippen LogP contribution is -2.05. The molecule has 2 aromatic carbocycles. The van der Waals surface area contributed by atoms with Gasteiger partial charge in [0.05, 0.1) is 5.69 Å². The fraction of sp³-hybridized carbons (Fsp3) is 0.235. The molecule has 0 spiro atoms. The van der Waals surface area contributed by atoms with Crippen LogP contribution in [0.3, 0.4) is 0 Å². The molecule has 0 aliphatic rings. The molecule has 3 nitrogen and oxygen atoms in total. The van der Waals surface area contributed by atoms with Crippen LogP contribution < -0.4 is 0 Å². The minimum Gasteiger partial charge on any atom is -0.293 e. The van der Waals surface area contributed by atoms with E-state index in [1.165, 1.54) is 16.9 Å². The van der Waals surface area contributed by atoms with E-state index in [2.05, 4.69) is 34.7 Å². The van der Waals surface area contributed by atoms with Gasteiger partial charge in [0.25, 0.3) is 0 Å². The van der Waals surface area contributed by atoms with E-state index in [-0.39, 0.29) is 5.78 Å². The first-order chi connectivity index (χ1) is 10.3. The van der Waals surface area contributed by atoms with Gasteiger partial charge in [0.1, 0.15) is 4.88 Å². The molecule has 3 rings (SSSR count). The third-order valence-electron chi connectivity index (χ3n) is 3.53. The summed E-state index contributed by atoms with van der Waals surface area (Å²) in [6.07, 6.45) is 2.19. The summed E-state index contributed by atoms with van der Waals surface area (Å²) in [7, 11) is 0. The fourth-order valence-electron chi connectivity index (χ4n) is 2.52. The maximum atomic E-state index is 12.5. The van der Waals surface area contributed by atoms with Crippen molar-refractivity contribution >= 4 is 28.1 Å². The first kappa shape index (κ1) is 13.9. The Bertz CT molecular complexity index is 774. The average molecular weight is 296 g/mol. The first-order valence-electron chi connectivity index (χ1n) is 7.10. The molecular weight excluding hydrogens is 280 g/mol. The molecule has 106 valence electrons.